The third-order valence-electron chi connectivity index (χ3n) is 3.10. The Labute approximate surface area is 93.5 Å². The van der Waals surface area contributed by atoms with Crippen LogP contribution in [0.25, 0.3) is 0 Å². The summed E-state index contributed by atoms with van der Waals surface area (Å²) in [5, 5.41) is 18.3. The molecule has 0 heterocycles. The molecule has 88 valence electrons. The molecule has 0 amide bonds. The zero-order chi connectivity index (χ0) is 12.6. The number of carbonyl (C=O) groups is 1. The molecule has 4 heteroatoms. The van der Waals surface area contributed by atoms with Crippen molar-refractivity contribution in [2.24, 2.45) is 5.41 Å². The number of carboxylic acid groups (broad SMARTS) is 1. The lowest BCUT2D eigenvalue weighted by Crippen LogP contribution is -2.41. The Kier molecular flexibility index (Phi) is 2.95. The van der Waals surface area contributed by atoms with E-state index < -0.39 is 17.1 Å². The number of phenols is 1. The summed E-state index contributed by atoms with van der Waals surface area (Å²) in [6, 6.07) is 5.60. The molecule has 1 rings (SSSR count). The highest BCUT2D eigenvalue weighted by molar-refractivity contribution is 5.75. The van der Waals surface area contributed by atoms with Crippen LogP contribution in [0, 0.1) is 5.41 Å². The normalized spacial score (nSPS) is 15.5. The minimum atomic E-state index is -2.06. The van der Waals surface area contributed by atoms with Gasteiger partial charge >= 0.3 is 5.97 Å². The number of phenolic OH excluding ortho intramolecular Hbond substituents is 1. The van der Waals surface area contributed by atoms with E-state index in [0.717, 1.165) is 0 Å². The first-order chi connectivity index (χ1) is 7.19. The van der Waals surface area contributed by atoms with E-state index in [2.05, 4.69) is 0 Å². The van der Waals surface area contributed by atoms with Crippen molar-refractivity contribution in [2.75, 3.05) is 0 Å². The lowest BCUT2D eigenvalue weighted by molar-refractivity contribution is -0.156. The summed E-state index contributed by atoms with van der Waals surface area (Å²) in [5.41, 5.74) is -3.47. The van der Waals surface area contributed by atoms with Crippen molar-refractivity contribution in [1.82, 2.24) is 0 Å². The van der Waals surface area contributed by atoms with Crippen LogP contribution in [0.5, 0.6) is 5.75 Å². The van der Waals surface area contributed by atoms with E-state index >= 15 is 0 Å². The van der Waals surface area contributed by atoms with Crippen LogP contribution in [-0.2, 0) is 10.5 Å². The van der Waals surface area contributed by atoms with Gasteiger partial charge in [-0.2, -0.15) is 0 Å². The Balaban J connectivity index is 3.26. The van der Waals surface area contributed by atoms with Gasteiger partial charge in [0, 0.05) is 0 Å². The molecule has 16 heavy (non-hydrogen) atoms. The van der Waals surface area contributed by atoms with Gasteiger partial charge in [-0.15, -0.1) is 0 Å². The second-order valence-electron chi connectivity index (χ2n) is 4.48. The molecule has 0 spiro atoms. The average molecular weight is 226 g/mol. The highest BCUT2D eigenvalue weighted by Crippen LogP contribution is 2.43. The van der Waals surface area contributed by atoms with E-state index in [9.17, 15) is 14.3 Å². The maximum Gasteiger partial charge on any atom is 0.312 e. The molecule has 1 aromatic rings. The molecule has 2 N–H and O–H groups in total. The third kappa shape index (κ3) is 1.87. The number of hydrogen-bond acceptors (Lipinski definition) is 2. The minimum Gasteiger partial charge on any atom is -0.508 e. The van der Waals surface area contributed by atoms with Gasteiger partial charge in [-0.3, -0.25) is 4.79 Å². The van der Waals surface area contributed by atoms with Gasteiger partial charge in [-0.25, -0.2) is 4.39 Å². The standard InChI is InChI=1S/C12H15FO3/c1-11(2,10(15)16)12(3,13)8-5-4-6-9(14)7-8/h4-7,14H,1-3H3,(H,15,16). The van der Waals surface area contributed by atoms with Crippen LogP contribution in [0.4, 0.5) is 4.39 Å². The first-order valence-electron chi connectivity index (χ1n) is 4.91. The number of aromatic hydroxyl groups is 1. The molecule has 0 bridgehead atoms. The van der Waals surface area contributed by atoms with E-state index in [0.29, 0.717) is 0 Å². The molecule has 0 fully saturated rings. The predicted octanol–water partition coefficient (Wildman–Crippen LogP) is 2.69. The molecule has 0 aliphatic rings. The second-order valence-corrected chi connectivity index (χ2v) is 4.48. The molecule has 0 aromatic heterocycles. The monoisotopic (exact) mass is 226 g/mol. The summed E-state index contributed by atoms with van der Waals surface area (Å²) in [5.74, 6) is -1.30. The van der Waals surface area contributed by atoms with Crippen LogP contribution in [0.3, 0.4) is 0 Å². The number of halogens is 1. The zero-order valence-electron chi connectivity index (χ0n) is 9.49. The first-order valence-corrected chi connectivity index (χ1v) is 4.91. The van der Waals surface area contributed by atoms with Crippen LogP contribution in [0.2, 0.25) is 0 Å². The summed E-state index contributed by atoms with van der Waals surface area (Å²) in [6.07, 6.45) is 0. The fourth-order valence-electron chi connectivity index (χ4n) is 1.36. The smallest absolute Gasteiger partial charge is 0.312 e. The number of carboxylic acids is 1. The molecule has 0 aliphatic carbocycles. The number of benzene rings is 1. The Morgan fingerprint density at radius 1 is 1.31 bits per heavy atom. The van der Waals surface area contributed by atoms with Crippen LogP contribution in [-0.4, -0.2) is 16.2 Å². The molecular formula is C12H15FO3. The van der Waals surface area contributed by atoms with Crippen molar-refractivity contribution < 1.29 is 19.4 Å². The predicted molar refractivity (Wildman–Crippen MR) is 58.0 cm³/mol. The summed E-state index contributed by atoms with van der Waals surface area (Å²) in [4.78, 5) is 11.0. The van der Waals surface area contributed by atoms with Crippen molar-refractivity contribution in [3.8, 4) is 5.75 Å². The number of rotatable bonds is 3. The van der Waals surface area contributed by atoms with E-state index in [4.69, 9.17) is 5.11 Å². The van der Waals surface area contributed by atoms with E-state index in [1.54, 1.807) is 0 Å². The maximum atomic E-state index is 14.5. The number of hydrogen-bond donors (Lipinski definition) is 2. The molecule has 3 nitrogen and oxygen atoms in total. The SMILES string of the molecule is CC(C)(C(=O)O)C(C)(F)c1cccc(O)c1. The molecule has 0 saturated heterocycles. The minimum absolute atomic E-state index is 0.0810. The van der Waals surface area contributed by atoms with Crippen LogP contribution < -0.4 is 0 Å². The van der Waals surface area contributed by atoms with Gasteiger partial charge in [0.05, 0.1) is 0 Å². The Morgan fingerprint density at radius 3 is 2.31 bits per heavy atom. The van der Waals surface area contributed by atoms with Crippen LogP contribution in [0.15, 0.2) is 24.3 Å². The zero-order valence-corrected chi connectivity index (χ0v) is 9.49. The van der Waals surface area contributed by atoms with Crippen LogP contribution >= 0.6 is 0 Å². The lowest BCUT2D eigenvalue weighted by Gasteiger charge is -2.34. The average Bonchev–Trinajstić information content (AvgIpc) is 2.17. The van der Waals surface area contributed by atoms with Gasteiger partial charge in [0.1, 0.15) is 16.8 Å². The number of alkyl halides is 1. The summed E-state index contributed by atoms with van der Waals surface area (Å²) < 4.78 is 14.5. The largest absolute Gasteiger partial charge is 0.508 e. The van der Waals surface area contributed by atoms with Gasteiger partial charge < -0.3 is 10.2 Å². The summed E-state index contributed by atoms with van der Waals surface area (Å²) in [6.45, 7) is 3.84. The topological polar surface area (TPSA) is 57.5 Å². The summed E-state index contributed by atoms with van der Waals surface area (Å²) >= 11 is 0. The second kappa shape index (κ2) is 3.77. The molecule has 0 saturated carbocycles. The summed E-state index contributed by atoms with van der Waals surface area (Å²) in [7, 11) is 0. The van der Waals surface area contributed by atoms with E-state index in [1.807, 2.05) is 0 Å². The van der Waals surface area contributed by atoms with E-state index in [-0.39, 0.29) is 11.3 Å². The van der Waals surface area contributed by atoms with Gasteiger partial charge in [0.2, 0.25) is 0 Å². The Hall–Kier alpha value is -1.58. The van der Waals surface area contributed by atoms with E-state index in [1.165, 1.54) is 45.0 Å². The highest BCUT2D eigenvalue weighted by atomic mass is 19.1. The van der Waals surface area contributed by atoms with Gasteiger partial charge in [-0.1, -0.05) is 12.1 Å². The molecule has 0 aliphatic heterocycles. The molecule has 0 radical (unpaired) electrons. The molecule has 1 aromatic carbocycles. The molecule has 1 unspecified atom stereocenters. The van der Waals surface area contributed by atoms with Gasteiger partial charge in [0.25, 0.3) is 0 Å². The highest BCUT2D eigenvalue weighted by Gasteiger charge is 2.48. The Bertz CT molecular complexity index is 410. The first kappa shape index (κ1) is 12.5. The van der Waals surface area contributed by atoms with Crippen LogP contribution in [0.1, 0.15) is 26.3 Å². The lowest BCUT2D eigenvalue weighted by atomic mass is 9.73. The van der Waals surface area contributed by atoms with Crippen molar-refractivity contribution in [1.29, 1.82) is 0 Å². The fourth-order valence-corrected chi connectivity index (χ4v) is 1.36. The van der Waals surface area contributed by atoms with Crippen molar-refractivity contribution in [2.45, 2.75) is 26.4 Å². The number of aliphatic carboxylic acids is 1. The fraction of sp³-hybridized carbons (Fsp3) is 0.417. The third-order valence-corrected chi connectivity index (χ3v) is 3.10. The van der Waals surface area contributed by atoms with Crippen molar-refractivity contribution >= 4 is 5.97 Å². The Morgan fingerprint density at radius 2 is 1.88 bits per heavy atom. The van der Waals surface area contributed by atoms with Crippen molar-refractivity contribution in [3.63, 3.8) is 0 Å². The van der Waals surface area contributed by atoms with Gasteiger partial charge in [0.15, 0.2) is 0 Å². The van der Waals surface area contributed by atoms with Gasteiger partial charge in [-0.05, 0) is 38.5 Å². The van der Waals surface area contributed by atoms with Crippen molar-refractivity contribution in [3.05, 3.63) is 29.8 Å². The maximum absolute atomic E-state index is 14.5. The molecule has 1 atom stereocenters. The molecular weight excluding hydrogens is 211 g/mol. The quantitative estimate of drug-likeness (QED) is 0.833.